The number of halogens is 4. The van der Waals surface area contributed by atoms with Gasteiger partial charge in [-0.15, -0.1) is 0 Å². The van der Waals surface area contributed by atoms with Crippen molar-refractivity contribution in [3.05, 3.63) is 23.3 Å². The van der Waals surface area contributed by atoms with E-state index in [1.807, 2.05) is 0 Å². The van der Waals surface area contributed by atoms with E-state index in [-0.39, 0.29) is 0 Å². The van der Waals surface area contributed by atoms with Crippen molar-refractivity contribution in [2.75, 3.05) is 5.73 Å². The molecule has 7 heteroatoms. The van der Waals surface area contributed by atoms with Crippen molar-refractivity contribution in [1.82, 2.24) is 4.98 Å². The zero-order valence-corrected chi connectivity index (χ0v) is 7.36. The maximum absolute atomic E-state index is 12.6. The number of nitrogen functional groups attached to an aromatic ring is 1. The first-order chi connectivity index (χ1) is 6.43. The van der Waals surface area contributed by atoms with Crippen LogP contribution < -0.4 is 5.73 Å². The van der Waals surface area contributed by atoms with Crippen molar-refractivity contribution in [2.45, 2.75) is 6.43 Å². The standard InChI is InChI=1S/C7H4ClF3N2O/c8-6(14)5-4(7(10)11)2(12)1-3(9)13-5/h1,7H,(H2,12,13). The summed E-state index contributed by atoms with van der Waals surface area (Å²) >= 11 is 4.94. The van der Waals surface area contributed by atoms with Gasteiger partial charge in [-0.3, -0.25) is 4.79 Å². The van der Waals surface area contributed by atoms with E-state index in [9.17, 15) is 18.0 Å². The van der Waals surface area contributed by atoms with E-state index in [0.717, 1.165) is 0 Å². The fourth-order valence-electron chi connectivity index (χ4n) is 0.921. The Morgan fingerprint density at radius 3 is 2.57 bits per heavy atom. The summed E-state index contributed by atoms with van der Waals surface area (Å²) in [6.07, 6.45) is -3.03. The van der Waals surface area contributed by atoms with Crippen molar-refractivity contribution < 1.29 is 18.0 Å². The molecule has 1 aromatic heterocycles. The number of hydrogen-bond acceptors (Lipinski definition) is 3. The van der Waals surface area contributed by atoms with Crippen LogP contribution in [-0.4, -0.2) is 10.2 Å². The zero-order valence-electron chi connectivity index (χ0n) is 6.60. The summed E-state index contributed by atoms with van der Waals surface area (Å²) in [5, 5.41) is -1.27. The minimum absolute atomic E-state index is 0.545. The molecule has 0 atom stereocenters. The van der Waals surface area contributed by atoms with Crippen LogP contribution >= 0.6 is 11.6 Å². The lowest BCUT2D eigenvalue weighted by molar-refractivity contribution is 0.106. The van der Waals surface area contributed by atoms with Gasteiger partial charge in [-0.1, -0.05) is 0 Å². The maximum atomic E-state index is 12.6. The van der Waals surface area contributed by atoms with Gasteiger partial charge in [-0.05, 0) is 11.6 Å². The van der Waals surface area contributed by atoms with Crippen molar-refractivity contribution in [1.29, 1.82) is 0 Å². The number of alkyl halides is 2. The Bertz CT molecular complexity index is 383. The Labute approximate surface area is 81.7 Å². The van der Waals surface area contributed by atoms with Gasteiger partial charge in [0, 0.05) is 11.8 Å². The van der Waals surface area contributed by atoms with Crippen LogP contribution in [0.25, 0.3) is 0 Å². The first-order valence-corrected chi connectivity index (χ1v) is 3.75. The van der Waals surface area contributed by atoms with Crippen LogP contribution in [0.15, 0.2) is 6.07 Å². The Balaban J connectivity index is 3.44. The highest BCUT2D eigenvalue weighted by atomic mass is 35.5. The summed E-state index contributed by atoms with van der Waals surface area (Å²) in [5.41, 5.74) is 2.86. The third kappa shape index (κ3) is 1.95. The number of aromatic nitrogens is 1. The first-order valence-electron chi connectivity index (χ1n) is 3.37. The molecule has 1 rings (SSSR count). The normalized spacial score (nSPS) is 10.6. The minimum Gasteiger partial charge on any atom is -0.398 e. The number of pyridine rings is 1. The van der Waals surface area contributed by atoms with Crippen molar-refractivity contribution in [3.8, 4) is 0 Å². The average molecular weight is 225 g/mol. The highest BCUT2D eigenvalue weighted by Crippen LogP contribution is 2.28. The van der Waals surface area contributed by atoms with Crippen LogP contribution in [0.5, 0.6) is 0 Å². The SMILES string of the molecule is Nc1cc(F)nc(C(=O)Cl)c1C(F)F. The molecule has 0 spiro atoms. The van der Waals surface area contributed by atoms with Crippen LogP contribution in [0.4, 0.5) is 18.9 Å². The molecule has 0 amide bonds. The van der Waals surface area contributed by atoms with Crippen molar-refractivity contribution >= 4 is 22.5 Å². The lowest BCUT2D eigenvalue weighted by atomic mass is 10.1. The topological polar surface area (TPSA) is 56.0 Å². The van der Waals surface area contributed by atoms with Crippen LogP contribution in [0.3, 0.4) is 0 Å². The van der Waals surface area contributed by atoms with Crippen LogP contribution in [0, 0.1) is 5.95 Å². The Morgan fingerprint density at radius 2 is 2.14 bits per heavy atom. The van der Waals surface area contributed by atoms with Gasteiger partial charge in [-0.25, -0.2) is 13.8 Å². The van der Waals surface area contributed by atoms with Crippen LogP contribution in [0.2, 0.25) is 0 Å². The molecule has 0 saturated heterocycles. The molecule has 76 valence electrons. The number of hydrogen-bond donors (Lipinski definition) is 1. The fraction of sp³-hybridized carbons (Fsp3) is 0.143. The van der Waals surface area contributed by atoms with Gasteiger partial charge in [0.05, 0.1) is 5.56 Å². The number of rotatable bonds is 2. The minimum atomic E-state index is -3.03. The third-order valence-electron chi connectivity index (χ3n) is 1.46. The zero-order chi connectivity index (χ0) is 10.9. The van der Waals surface area contributed by atoms with E-state index in [2.05, 4.69) is 4.98 Å². The molecule has 0 radical (unpaired) electrons. The molecule has 0 aromatic carbocycles. The van der Waals surface area contributed by atoms with E-state index >= 15 is 0 Å². The van der Waals surface area contributed by atoms with Crippen LogP contribution in [-0.2, 0) is 0 Å². The second kappa shape index (κ2) is 3.83. The summed E-state index contributed by atoms with van der Waals surface area (Å²) in [6.45, 7) is 0. The molecule has 1 heterocycles. The number of nitrogens with two attached hydrogens (primary N) is 1. The van der Waals surface area contributed by atoms with Gasteiger partial charge in [0.1, 0.15) is 5.69 Å². The molecule has 0 bridgehead atoms. The highest BCUT2D eigenvalue weighted by molar-refractivity contribution is 6.67. The number of nitrogens with zero attached hydrogens (tertiary/aromatic N) is 1. The van der Waals surface area contributed by atoms with Gasteiger partial charge in [0.25, 0.3) is 11.7 Å². The molecule has 0 saturated carbocycles. The predicted molar refractivity (Wildman–Crippen MR) is 43.7 cm³/mol. The molecule has 0 aliphatic heterocycles. The van der Waals surface area contributed by atoms with Gasteiger partial charge >= 0.3 is 0 Å². The number of anilines is 1. The summed E-state index contributed by atoms with van der Waals surface area (Å²) in [7, 11) is 0. The van der Waals surface area contributed by atoms with E-state index < -0.39 is 34.6 Å². The lowest BCUT2D eigenvalue weighted by Crippen LogP contribution is -2.08. The monoisotopic (exact) mass is 224 g/mol. The summed E-state index contributed by atoms with van der Waals surface area (Å²) in [4.78, 5) is 13.6. The second-order valence-corrected chi connectivity index (χ2v) is 2.71. The van der Waals surface area contributed by atoms with Crippen molar-refractivity contribution in [2.24, 2.45) is 0 Å². The Kier molecular flexibility index (Phi) is 2.95. The summed E-state index contributed by atoms with van der Waals surface area (Å²) in [5.74, 6) is -1.13. The largest absolute Gasteiger partial charge is 0.398 e. The van der Waals surface area contributed by atoms with Crippen molar-refractivity contribution in [3.63, 3.8) is 0 Å². The van der Waals surface area contributed by atoms with E-state index in [1.165, 1.54) is 0 Å². The Morgan fingerprint density at radius 1 is 1.57 bits per heavy atom. The fourth-order valence-corrected chi connectivity index (χ4v) is 1.07. The molecule has 1 aromatic rings. The first kappa shape index (κ1) is 10.8. The molecule has 0 fully saturated rings. The number of carbonyl (C=O) groups is 1. The molecule has 3 nitrogen and oxygen atoms in total. The van der Waals surface area contributed by atoms with Gasteiger partial charge in [-0.2, -0.15) is 4.39 Å². The second-order valence-electron chi connectivity index (χ2n) is 2.37. The molecular formula is C7H4ClF3N2O. The smallest absolute Gasteiger partial charge is 0.271 e. The average Bonchev–Trinajstić information content (AvgIpc) is 2.01. The Hall–Kier alpha value is -1.30. The summed E-state index contributed by atoms with van der Waals surface area (Å²) < 4.78 is 37.2. The van der Waals surface area contributed by atoms with E-state index in [0.29, 0.717) is 6.07 Å². The lowest BCUT2D eigenvalue weighted by Gasteiger charge is -2.07. The predicted octanol–water partition coefficient (Wildman–Crippen LogP) is 2.12. The molecule has 2 N–H and O–H groups in total. The number of carbonyl (C=O) groups excluding carboxylic acids is 1. The van der Waals surface area contributed by atoms with Gasteiger partial charge < -0.3 is 5.73 Å². The molecule has 0 aliphatic rings. The summed E-state index contributed by atoms with van der Waals surface area (Å²) in [6, 6.07) is 0.602. The maximum Gasteiger partial charge on any atom is 0.271 e. The van der Waals surface area contributed by atoms with E-state index in [4.69, 9.17) is 17.3 Å². The van der Waals surface area contributed by atoms with Gasteiger partial charge in [0.15, 0.2) is 0 Å². The third-order valence-corrected chi connectivity index (χ3v) is 1.64. The molecule has 14 heavy (non-hydrogen) atoms. The molecule has 0 aliphatic carbocycles. The van der Waals surface area contributed by atoms with Gasteiger partial charge in [0.2, 0.25) is 5.95 Å². The van der Waals surface area contributed by atoms with E-state index in [1.54, 1.807) is 0 Å². The molecule has 0 unspecified atom stereocenters. The highest BCUT2D eigenvalue weighted by Gasteiger charge is 2.23. The quantitative estimate of drug-likeness (QED) is 0.618. The van der Waals surface area contributed by atoms with Crippen LogP contribution in [0.1, 0.15) is 22.5 Å². The molecular weight excluding hydrogens is 221 g/mol.